The van der Waals surface area contributed by atoms with Crippen molar-refractivity contribution in [2.75, 3.05) is 57.0 Å². The summed E-state index contributed by atoms with van der Waals surface area (Å²) in [5, 5.41) is 0. The van der Waals surface area contributed by atoms with E-state index in [9.17, 15) is 4.79 Å². The molecule has 1 amide bonds. The van der Waals surface area contributed by atoms with E-state index >= 15 is 0 Å². The van der Waals surface area contributed by atoms with E-state index in [-0.39, 0.29) is 12.1 Å². The molecule has 2 saturated heterocycles. The second-order valence-electron chi connectivity index (χ2n) is 8.33. The molecule has 2 fully saturated rings. The van der Waals surface area contributed by atoms with Gasteiger partial charge in [-0.05, 0) is 39.3 Å². The Kier molecular flexibility index (Phi) is 5.69. The van der Waals surface area contributed by atoms with Crippen molar-refractivity contribution in [2.24, 2.45) is 0 Å². The van der Waals surface area contributed by atoms with Crippen molar-refractivity contribution >= 4 is 17.5 Å². The molecule has 7 heteroatoms. The fraction of sp³-hybridized carbons (Fsp3) is 0.650. The summed E-state index contributed by atoms with van der Waals surface area (Å²) in [4.78, 5) is 18.9. The van der Waals surface area contributed by atoms with Gasteiger partial charge in [0.15, 0.2) is 0 Å². The normalized spacial score (nSPS) is 21.0. The molecule has 1 atom stereocenters. The van der Waals surface area contributed by atoms with Crippen LogP contribution in [0.15, 0.2) is 18.2 Å². The number of amides is 1. The molecule has 0 bridgehead atoms. The first-order valence-corrected chi connectivity index (χ1v) is 9.67. The molecule has 0 aliphatic carbocycles. The van der Waals surface area contributed by atoms with Crippen molar-refractivity contribution in [3.8, 4) is 5.75 Å². The number of nitrogens with zero attached hydrogens (tertiary/aromatic N) is 3. The number of hydrogen-bond donors (Lipinski definition) is 1. The van der Waals surface area contributed by atoms with E-state index in [1.54, 1.807) is 7.11 Å². The highest BCUT2D eigenvalue weighted by Gasteiger charge is 2.36. The number of hydrogen-bond acceptors (Lipinski definition) is 6. The van der Waals surface area contributed by atoms with Crippen LogP contribution in [0.5, 0.6) is 5.75 Å². The number of carbonyl (C=O) groups is 1. The Bertz CT molecular complexity index is 666. The van der Waals surface area contributed by atoms with Crippen molar-refractivity contribution in [2.45, 2.75) is 38.8 Å². The zero-order valence-electron chi connectivity index (χ0n) is 16.9. The summed E-state index contributed by atoms with van der Waals surface area (Å²) in [5.74, 6) is 0.720. The van der Waals surface area contributed by atoms with Crippen LogP contribution in [0.1, 0.15) is 27.2 Å². The van der Waals surface area contributed by atoms with Crippen molar-refractivity contribution < 1.29 is 14.3 Å². The van der Waals surface area contributed by atoms with E-state index < -0.39 is 5.60 Å². The van der Waals surface area contributed by atoms with Crippen LogP contribution in [-0.4, -0.2) is 73.9 Å². The van der Waals surface area contributed by atoms with Crippen LogP contribution >= 0.6 is 0 Å². The maximum absolute atomic E-state index is 12.3. The fourth-order valence-electron chi connectivity index (χ4n) is 3.57. The molecule has 2 heterocycles. The Labute approximate surface area is 162 Å². The van der Waals surface area contributed by atoms with Gasteiger partial charge < -0.3 is 25.0 Å². The molecule has 2 aliphatic rings. The lowest BCUT2D eigenvalue weighted by Crippen LogP contribution is -2.59. The summed E-state index contributed by atoms with van der Waals surface area (Å²) in [6, 6.07) is 6.21. The highest BCUT2D eigenvalue weighted by atomic mass is 16.6. The van der Waals surface area contributed by atoms with Crippen molar-refractivity contribution in [3.05, 3.63) is 18.2 Å². The van der Waals surface area contributed by atoms with Crippen LogP contribution in [0.2, 0.25) is 0 Å². The number of benzene rings is 1. The van der Waals surface area contributed by atoms with Gasteiger partial charge in [0.25, 0.3) is 0 Å². The molecule has 2 aliphatic heterocycles. The molecule has 0 aromatic heterocycles. The molecule has 0 saturated carbocycles. The minimum absolute atomic E-state index is 0.189. The molecule has 7 nitrogen and oxygen atoms in total. The van der Waals surface area contributed by atoms with E-state index in [0.717, 1.165) is 57.1 Å². The highest BCUT2D eigenvalue weighted by molar-refractivity contribution is 5.69. The van der Waals surface area contributed by atoms with Gasteiger partial charge in [-0.25, -0.2) is 4.79 Å². The molecule has 1 aromatic rings. The summed E-state index contributed by atoms with van der Waals surface area (Å²) in [5.41, 5.74) is 7.27. The molecule has 0 spiro atoms. The number of nitrogens with two attached hydrogens (primary N) is 1. The Morgan fingerprint density at radius 2 is 1.89 bits per heavy atom. The van der Waals surface area contributed by atoms with Crippen molar-refractivity contribution in [3.63, 3.8) is 0 Å². The van der Waals surface area contributed by atoms with Gasteiger partial charge in [0.1, 0.15) is 11.4 Å². The summed E-state index contributed by atoms with van der Waals surface area (Å²) in [7, 11) is 1.64. The van der Waals surface area contributed by atoms with Gasteiger partial charge in [-0.1, -0.05) is 0 Å². The predicted octanol–water partition coefficient (Wildman–Crippen LogP) is 2.41. The number of anilines is 2. The maximum Gasteiger partial charge on any atom is 0.410 e. The smallest absolute Gasteiger partial charge is 0.410 e. The average Bonchev–Trinajstić information content (AvgIpc) is 2.58. The largest absolute Gasteiger partial charge is 0.495 e. The van der Waals surface area contributed by atoms with Crippen LogP contribution in [0.25, 0.3) is 0 Å². The Balaban J connectivity index is 1.49. The first kappa shape index (κ1) is 19.6. The van der Waals surface area contributed by atoms with Gasteiger partial charge >= 0.3 is 6.09 Å². The van der Waals surface area contributed by atoms with Crippen LogP contribution in [0.4, 0.5) is 16.2 Å². The molecule has 0 radical (unpaired) electrons. The van der Waals surface area contributed by atoms with E-state index in [1.807, 2.05) is 43.9 Å². The first-order chi connectivity index (χ1) is 12.8. The SMILES string of the molecule is COc1cc(N2CCN(CC3CCN3C(=O)OC(C)(C)C)CC2)ccc1N. The summed E-state index contributed by atoms with van der Waals surface area (Å²) in [6.45, 7) is 11.3. The van der Waals surface area contributed by atoms with E-state index in [2.05, 4.69) is 9.80 Å². The number of piperazine rings is 1. The quantitative estimate of drug-likeness (QED) is 0.814. The van der Waals surface area contributed by atoms with Gasteiger partial charge in [0.2, 0.25) is 0 Å². The maximum atomic E-state index is 12.3. The number of nitrogen functional groups attached to an aromatic ring is 1. The number of rotatable bonds is 4. The first-order valence-electron chi connectivity index (χ1n) is 9.67. The number of likely N-dealkylation sites (tertiary alicyclic amines) is 1. The van der Waals surface area contributed by atoms with Gasteiger partial charge in [-0.15, -0.1) is 0 Å². The Morgan fingerprint density at radius 1 is 1.19 bits per heavy atom. The minimum Gasteiger partial charge on any atom is -0.495 e. The molecule has 1 aromatic carbocycles. The fourth-order valence-corrected chi connectivity index (χ4v) is 3.57. The molecule has 1 unspecified atom stereocenters. The van der Waals surface area contributed by atoms with Crippen molar-refractivity contribution in [1.82, 2.24) is 9.80 Å². The molecular weight excluding hydrogens is 344 g/mol. The Hall–Kier alpha value is -2.15. The lowest BCUT2D eigenvalue weighted by Gasteiger charge is -2.45. The molecular formula is C20H32N4O3. The predicted molar refractivity (Wildman–Crippen MR) is 107 cm³/mol. The van der Waals surface area contributed by atoms with Gasteiger partial charge in [-0.3, -0.25) is 4.90 Å². The monoisotopic (exact) mass is 376 g/mol. The zero-order chi connectivity index (χ0) is 19.6. The van der Waals surface area contributed by atoms with Gasteiger partial charge in [0.05, 0.1) is 12.8 Å². The minimum atomic E-state index is -0.441. The van der Waals surface area contributed by atoms with Gasteiger partial charge in [-0.2, -0.15) is 0 Å². The van der Waals surface area contributed by atoms with Gasteiger partial charge in [0, 0.05) is 57.1 Å². The highest BCUT2D eigenvalue weighted by Crippen LogP contribution is 2.28. The molecule has 27 heavy (non-hydrogen) atoms. The molecule has 3 rings (SSSR count). The van der Waals surface area contributed by atoms with Crippen LogP contribution in [0, 0.1) is 0 Å². The topological polar surface area (TPSA) is 71.3 Å². The van der Waals surface area contributed by atoms with Crippen LogP contribution in [0.3, 0.4) is 0 Å². The van der Waals surface area contributed by atoms with E-state index in [1.165, 1.54) is 0 Å². The van der Waals surface area contributed by atoms with Crippen LogP contribution in [-0.2, 0) is 4.74 Å². The Morgan fingerprint density at radius 3 is 2.44 bits per heavy atom. The molecule has 2 N–H and O–H groups in total. The second-order valence-corrected chi connectivity index (χ2v) is 8.33. The number of methoxy groups -OCH3 is 1. The van der Waals surface area contributed by atoms with Crippen molar-refractivity contribution in [1.29, 1.82) is 0 Å². The summed E-state index contributed by atoms with van der Waals surface area (Å²) < 4.78 is 10.8. The van der Waals surface area contributed by atoms with Crippen LogP contribution < -0.4 is 15.4 Å². The zero-order valence-corrected chi connectivity index (χ0v) is 16.9. The second kappa shape index (κ2) is 7.84. The lowest BCUT2D eigenvalue weighted by molar-refractivity contribution is -0.0122. The summed E-state index contributed by atoms with van der Waals surface area (Å²) >= 11 is 0. The third kappa shape index (κ3) is 4.77. The van der Waals surface area contributed by atoms with E-state index in [4.69, 9.17) is 15.2 Å². The summed E-state index contributed by atoms with van der Waals surface area (Å²) in [6.07, 6.45) is 0.862. The third-order valence-electron chi connectivity index (χ3n) is 5.20. The van der Waals surface area contributed by atoms with E-state index in [0.29, 0.717) is 5.69 Å². The number of carbonyl (C=O) groups excluding carboxylic acids is 1. The number of ether oxygens (including phenoxy) is 2. The standard InChI is InChI=1S/C20H32N4O3/c1-20(2,3)27-19(25)24-8-7-16(24)14-22-9-11-23(12-10-22)15-5-6-17(21)18(13-15)26-4/h5-6,13,16H,7-12,14,21H2,1-4H3. The lowest BCUT2D eigenvalue weighted by atomic mass is 10.0. The molecule has 150 valence electrons. The average molecular weight is 377 g/mol. The third-order valence-corrected chi connectivity index (χ3v) is 5.20.